The lowest BCUT2D eigenvalue weighted by Gasteiger charge is -2.11. The summed E-state index contributed by atoms with van der Waals surface area (Å²) in [5.41, 5.74) is 1.29. The third kappa shape index (κ3) is 4.80. The Balaban J connectivity index is 1.78. The van der Waals surface area contributed by atoms with E-state index in [0.717, 1.165) is 12.8 Å². The van der Waals surface area contributed by atoms with Crippen LogP contribution in [0.25, 0.3) is 11.0 Å². The van der Waals surface area contributed by atoms with Crippen LogP contribution >= 0.6 is 0 Å². The number of hydrogen-bond acceptors (Lipinski definition) is 7. The van der Waals surface area contributed by atoms with Crippen molar-refractivity contribution in [2.45, 2.75) is 18.9 Å². The Kier molecular flexibility index (Phi) is 6.08. The summed E-state index contributed by atoms with van der Waals surface area (Å²) < 4.78 is 22.1. The molecule has 2 N–H and O–H groups in total. The maximum Gasteiger partial charge on any atom is 0.256 e. The minimum Gasteiger partial charge on any atom is -0.508 e. The molecule has 1 amide bonds. The van der Waals surface area contributed by atoms with Crippen LogP contribution in [0.5, 0.6) is 17.2 Å². The number of phenols is 1. The zero-order valence-corrected chi connectivity index (χ0v) is 17.4. The zero-order valence-electron chi connectivity index (χ0n) is 17.4. The van der Waals surface area contributed by atoms with Gasteiger partial charge in [-0.05, 0) is 31.0 Å². The quantitative estimate of drug-likeness (QED) is 0.630. The predicted octanol–water partition coefficient (Wildman–Crippen LogP) is 3.30. The molecular weight excluding hydrogens is 400 g/mol. The maximum absolute atomic E-state index is 13.0. The summed E-state index contributed by atoms with van der Waals surface area (Å²) in [6, 6.07) is 11.5. The number of aromatic hydroxyl groups is 1. The molecule has 0 radical (unpaired) electrons. The topological polar surface area (TPSA) is 103 Å². The molecule has 2 aromatic carbocycles. The monoisotopic (exact) mass is 424 g/mol. The van der Waals surface area contributed by atoms with Crippen molar-refractivity contribution in [3.8, 4) is 17.2 Å². The number of carbonyl (C=O) groups is 1. The second-order valence-electron chi connectivity index (χ2n) is 7.22. The fourth-order valence-electron chi connectivity index (χ4n) is 3.43. The average molecular weight is 424 g/mol. The number of phenolic OH excluding ortho intramolecular Hbond substituents is 1. The number of amides is 1. The molecule has 31 heavy (non-hydrogen) atoms. The fourth-order valence-corrected chi connectivity index (χ4v) is 3.43. The average Bonchev–Trinajstić information content (AvgIpc) is 3.30. The molecule has 3 aromatic rings. The van der Waals surface area contributed by atoms with Gasteiger partial charge in [-0.25, -0.2) is 4.99 Å². The van der Waals surface area contributed by atoms with Crippen molar-refractivity contribution in [1.29, 1.82) is 0 Å². The number of nitrogens with zero attached hydrogens (tertiary/aromatic N) is 1. The highest BCUT2D eigenvalue weighted by molar-refractivity contribution is 5.96. The Morgan fingerprint density at radius 3 is 2.61 bits per heavy atom. The molecule has 4 rings (SSSR count). The SMILES string of the molecule is COc1cc(N=c2oc3cc(O)ccc3cc2C(=O)NC[C@@H]2CCCO2)cc(OC)c1. The standard InChI is InChI=1S/C23H24N2O6/c1-28-18-9-15(10-19(12-18)29-2)25-23-20(22(27)24-13-17-4-3-7-30-17)8-14-5-6-16(26)11-21(14)31-23/h5-6,8-12,17,26H,3-4,7,13H2,1-2H3,(H,24,27)/t17-/m0/s1. The van der Waals surface area contributed by atoms with E-state index in [1.165, 1.54) is 12.1 Å². The van der Waals surface area contributed by atoms with E-state index >= 15 is 0 Å². The Labute approximate surface area is 179 Å². The Bertz CT molecular complexity index is 1140. The van der Waals surface area contributed by atoms with Crippen molar-refractivity contribution >= 4 is 22.6 Å². The van der Waals surface area contributed by atoms with E-state index in [4.69, 9.17) is 18.6 Å². The van der Waals surface area contributed by atoms with Gasteiger partial charge < -0.3 is 29.1 Å². The van der Waals surface area contributed by atoms with Crippen molar-refractivity contribution in [2.75, 3.05) is 27.4 Å². The predicted molar refractivity (Wildman–Crippen MR) is 114 cm³/mol. The molecule has 0 unspecified atom stereocenters. The van der Waals surface area contributed by atoms with E-state index in [9.17, 15) is 9.90 Å². The van der Waals surface area contributed by atoms with Crippen molar-refractivity contribution in [2.24, 2.45) is 4.99 Å². The van der Waals surface area contributed by atoms with Gasteiger partial charge in [0.15, 0.2) is 0 Å². The molecule has 1 aromatic heterocycles. The van der Waals surface area contributed by atoms with Gasteiger partial charge in [-0.2, -0.15) is 0 Å². The molecule has 0 aliphatic carbocycles. The summed E-state index contributed by atoms with van der Waals surface area (Å²) >= 11 is 0. The second-order valence-corrected chi connectivity index (χ2v) is 7.22. The Hall–Kier alpha value is -3.52. The first kappa shape index (κ1) is 20.7. The number of benzene rings is 2. The lowest BCUT2D eigenvalue weighted by molar-refractivity contribution is 0.0854. The summed E-state index contributed by atoms with van der Waals surface area (Å²) in [7, 11) is 3.09. The van der Waals surface area contributed by atoms with Gasteiger partial charge in [0.2, 0.25) is 5.55 Å². The smallest absolute Gasteiger partial charge is 0.256 e. The summed E-state index contributed by atoms with van der Waals surface area (Å²) in [6.45, 7) is 1.13. The van der Waals surface area contributed by atoms with Gasteiger partial charge in [-0.1, -0.05) is 0 Å². The van der Waals surface area contributed by atoms with Crippen LogP contribution in [0.15, 0.2) is 51.9 Å². The van der Waals surface area contributed by atoms with E-state index in [-0.39, 0.29) is 28.9 Å². The molecule has 1 aliphatic rings. The number of carbonyl (C=O) groups excluding carboxylic acids is 1. The number of rotatable bonds is 6. The molecular formula is C23H24N2O6. The van der Waals surface area contributed by atoms with Gasteiger partial charge in [0.25, 0.3) is 5.91 Å². The van der Waals surface area contributed by atoms with Crippen LogP contribution in [-0.4, -0.2) is 44.5 Å². The van der Waals surface area contributed by atoms with Crippen molar-refractivity contribution in [3.63, 3.8) is 0 Å². The van der Waals surface area contributed by atoms with Gasteiger partial charge in [0.05, 0.1) is 26.0 Å². The second kappa shape index (κ2) is 9.09. The van der Waals surface area contributed by atoms with Gasteiger partial charge >= 0.3 is 0 Å². The molecule has 1 saturated heterocycles. The van der Waals surface area contributed by atoms with E-state index in [0.29, 0.717) is 41.3 Å². The van der Waals surface area contributed by atoms with Crippen LogP contribution < -0.4 is 20.3 Å². The molecule has 162 valence electrons. The molecule has 1 aliphatic heterocycles. The fraction of sp³-hybridized carbons (Fsp3) is 0.304. The number of ether oxygens (including phenoxy) is 3. The molecule has 0 spiro atoms. The molecule has 2 heterocycles. The molecule has 1 atom stereocenters. The number of fused-ring (bicyclic) bond motifs is 1. The van der Waals surface area contributed by atoms with Crippen LogP contribution in [0.1, 0.15) is 23.2 Å². The summed E-state index contributed by atoms with van der Waals surface area (Å²) in [5.74, 6) is 0.852. The van der Waals surface area contributed by atoms with Crippen LogP contribution in [0.2, 0.25) is 0 Å². The lowest BCUT2D eigenvalue weighted by atomic mass is 10.1. The van der Waals surface area contributed by atoms with Crippen LogP contribution in [0.3, 0.4) is 0 Å². The maximum atomic E-state index is 13.0. The third-order valence-corrected chi connectivity index (χ3v) is 5.06. The normalized spacial score (nSPS) is 16.5. The van der Waals surface area contributed by atoms with Crippen LogP contribution in [0, 0.1) is 0 Å². The number of methoxy groups -OCH3 is 2. The highest BCUT2D eigenvalue weighted by Crippen LogP contribution is 2.28. The Morgan fingerprint density at radius 1 is 1.16 bits per heavy atom. The number of nitrogens with one attached hydrogen (secondary N) is 1. The van der Waals surface area contributed by atoms with Gasteiger partial charge in [0.1, 0.15) is 28.4 Å². The highest BCUT2D eigenvalue weighted by Gasteiger charge is 2.19. The third-order valence-electron chi connectivity index (χ3n) is 5.06. The van der Waals surface area contributed by atoms with Gasteiger partial charge in [0, 0.05) is 42.8 Å². The molecule has 1 fully saturated rings. The first-order valence-corrected chi connectivity index (χ1v) is 10.00. The van der Waals surface area contributed by atoms with Crippen molar-refractivity contribution in [1.82, 2.24) is 5.32 Å². The highest BCUT2D eigenvalue weighted by atomic mass is 16.5. The van der Waals surface area contributed by atoms with Crippen molar-refractivity contribution in [3.05, 3.63) is 53.6 Å². The van der Waals surface area contributed by atoms with Crippen LogP contribution in [-0.2, 0) is 4.74 Å². The lowest BCUT2D eigenvalue weighted by Crippen LogP contribution is -2.34. The largest absolute Gasteiger partial charge is 0.508 e. The molecule has 8 nitrogen and oxygen atoms in total. The summed E-state index contributed by atoms with van der Waals surface area (Å²) in [4.78, 5) is 17.5. The minimum atomic E-state index is -0.317. The van der Waals surface area contributed by atoms with Gasteiger partial charge in [-0.3, -0.25) is 4.79 Å². The Morgan fingerprint density at radius 2 is 1.94 bits per heavy atom. The van der Waals surface area contributed by atoms with E-state index in [2.05, 4.69) is 10.3 Å². The van der Waals surface area contributed by atoms with Crippen molar-refractivity contribution < 1.29 is 28.5 Å². The van der Waals surface area contributed by atoms with E-state index < -0.39 is 0 Å². The number of hydrogen-bond donors (Lipinski definition) is 2. The van der Waals surface area contributed by atoms with Gasteiger partial charge in [-0.15, -0.1) is 0 Å². The molecule has 0 saturated carbocycles. The molecule has 0 bridgehead atoms. The zero-order chi connectivity index (χ0) is 21.8. The first-order chi connectivity index (χ1) is 15.1. The summed E-state index contributed by atoms with van der Waals surface area (Å²) in [6.07, 6.45) is 1.93. The first-order valence-electron chi connectivity index (χ1n) is 10.00. The van der Waals surface area contributed by atoms with E-state index in [1.54, 1.807) is 44.6 Å². The molecule has 8 heteroatoms. The van der Waals surface area contributed by atoms with Crippen LogP contribution in [0.4, 0.5) is 5.69 Å². The van der Waals surface area contributed by atoms with E-state index in [1.807, 2.05) is 0 Å². The minimum absolute atomic E-state index is 0.0151. The summed E-state index contributed by atoms with van der Waals surface area (Å²) in [5, 5.41) is 13.4.